The first-order valence-corrected chi connectivity index (χ1v) is 9.33. The van der Waals surface area contributed by atoms with Gasteiger partial charge in [0.25, 0.3) is 0 Å². The van der Waals surface area contributed by atoms with E-state index in [1.165, 1.54) is 16.8 Å². The van der Waals surface area contributed by atoms with E-state index in [0.29, 0.717) is 13.0 Å². The molecular formula is C21H28N4O. The number of benzene rings is 1. The molecule has 1 aromatic carbocycles. The quantitative estimate of drug-likeness (QED) is 0.812. The third-order valence-electron chi connectivity index (χ3n) is 5.12. The molecule has 1 aromatic heterocycles. The van der Waals surface area contributed by atoms with Crippen molar-refractivity contribution in [2.75, 3.05) is 37.6 Å². The van der Waals surface area contributed by atoms with Crippen molar-refractivity contribution in [3.8, 4) is 0 Å². The molecule has 0 saturated carbocycles. The van der Waals surface area contributed by atoms with Crippen molar-refractivity contribution < 1.29 is 4.79 Å². The number of amides is 1. The molecule has 1 aliphatic rings. The molecule has 1 amide bonds. The van der Waals surface area contributed by atoms with E-state index < -0.39 is 0 Å². The summed E-state index contributed by atoms with van der Waals surface area (Å²) in [6.45, 7) is 9.18. The molecule has 0 atom stereocenters. The lowest BCUT2D eigenvalue weighted by molar-refractivity contribution is -0.131. The van der Waals surface area contributed by atoms with Crippen LogP contribution in [0, 0.1) is 13.8 Å². The monoisotopic (exact) mass is 352 g/mol. The van der Waals surface area contributed by atoms with Gasteiger partial charge in [0.15, 0.2) is 0 Å². The predicted octanol–water partition coefficient (Wildman–Crippen LogP) is 2.53. The summed E-state index contributed by atoms with van der Waals surface area (Å²) in [5.74, 6) is 0.240. The summed E-state index contributed by atoms with van der Waals surface area (Å²) in [7, 11) is 0. The topological polar surface area (TPSA) is 48.5 Å². The standard InChI is InChI=1S/C21H28N4O/c1-17-5-3-7-20(18(17)2)24-11-13-25(14-12-24)21(26)8-10-23-16-19-6-4-9-22-15-19/h3-7,9,15,23H,8,10-14,16H2,1-2H3. The van der Waals surface area contributed by atoms with Crippen molar-refractivity contribution >= 4 is 11.6 Å². The molecule has 1 N–H and O–H groups in total. The van der Waals surface area contributed by atoms with Crippen molar-refractivity contribution in [2.45, 2.75) is 26.8 Å². The SMILES string of the molecule is Cc1cccc(N2CCN(C(=O)CCNCc3cccnc3)CC2)c1C. The zero-order chi connectivity index (χ0) is 18.4. The van der Waals surface area contributed by atoms with E-state index in [2.05, 4.69) is 47.2 Å². The summed E-state index contributed by atoms with van der Waals surface area (Å²) >= 11 is 0. The van der Waals surface area contributed by atoms with Gasteiger partial charge >= 0.3 is 0 Å². The van der Waals surface area contributed by atoms with Crippen LogP contribution in [-0.2, 0) is 11.3 Å². The van der Waals surface area contributed by atoms with Gasteiger partial charge in [-0.3, -0.25) is 9.78 Å². The highest BCUT2D eigenvalue weighted by Gasteiger charge is 2.21. The molecule has 1 saturated heterocycles. The van der Waals surface area contributed by atoms with Gasteiger partial charge in [0.2, 0.25) is 5.91 Å². The molecule has 1 fully saturated rings. The number of pyridine rings is 1. The molecule has 1 aliphatic heterocycles. The first-order valence-electron chi connectivity index (χ1n) is 9.33. The molecule has 138 valence electrons. The lowest BCUT2D eigenvalue weighted by atomic mass is 10.1. The van der Waals surface area contributed by atoms with Crippen LogP contribution in [-0.4, -0.2) is 48.5 Å². The minimum atomic E-state index is 0.240. The lowest BCUT2D eigenvalue weighted by Gasteiger charge is -2.37. The first-order chi connectivity index (χ1) is 12.6. The Morgan fingerprint density at radius 3 is 2.65 bits per heavy atom. The highest BCUT2D eigenvalue weighted by atomic mass is 16.2. The van der Waals surface area contributed by atoms with Crippen LogP contribution in [0.2, 0.25) is 0 Å². The summed E-state index contributed by atoms with van der Waals surface area (Å²) in [6.07, 6.45) is 4.16. The van der Waals surface area contributed by atoms with Gasteiger partial charge in [-0.15, -0.1) is 0 Å². The largest absolute Gasteiger partial charge is 0.368 e. The number of rotatable bonds is 6. The molecule has 5 nitrogen and oxygen atoms in total. The van der Waals surface area contributed by atoms with Crippen LogP contribution in [0.15, 0.2) is 42.7 Å². The number of nitrogens with one attached hydrogen (secondary N) is 1. The number of piperazine rings is 1. The Morgan fingerprint density at radius 1 is 1.12 bits per heavy atom. The van der Waals surface area contributed by atoms with Gasteiger partial charge in [0.05, 0.1) is 0 Å². The average Bonchev–Trinajstić information content (AvgIpc) is 2.68. The van der Waals surface area contributed by atoms with E-state index in [0.717, 1.165) is 38.3 Å². The Bertz CT molecular complexity index is 724. The molecular weight excluding hydrogens is 324 g/mol. The summed E-state index contributed by atoms with van der Waals surface area (Å²) in [4.78, 5) is 20.9. The fraction of sp³-hybridized carbons (Fsp3) is 0.429. The van der Waals surface area contributed by atoms with E-state index in [1.807, 2.05) is 23.2 Å². The maximum Gasteiger partial charge on any atom is 0.223 e. The number of aryl methyl sites for hydroxylation is 1. The molecule has 0 spiro atoms. The zero-order valence-corrected chi connectivity index (χ0v) is 15.7. The number of anilines is 1. The highest BCUT2D eigenvalue weighted by molar-refractivity contribution is 5.76. The van der Waals surface area contributed by atoms with Crippen LogP contribution >= 0.6 is 0 Å². The van der Waals surface area contributed by atoms with Crippen LogP contribution in [0.25, 0.3) is 0 Å². The van der Waals surface area contributed by atoms with Crippen LogP contribution in [0.1, 0.15) is 23.1 Å². The second-order valence-electron chi connectivity index (χ2n) is 6.87. The lowest BCUT2D eigenvalue weighted by Crippen LogP contribution is -2.49. The Kier molecular flexibility index (Phi) is 6.23. The van der Waals surface area contributed by atoms with Gasteiger partial charge in [-0.05, 0) is 42.7 Å². The fourth-order valence-corrected chi connectivity index (χ4v) is 3.36. The van der Waals surface area contributed by atoms with Crippen LogP contribution < -0.4 is 10.2 Å². The van der Waals surface area contributed by atoms with Crippen LogP contribution in [0.4, 0.5) is 5.69 Å². The van der Waals surface area contributed by atoms with E-state index >= 15 is 0 Å². The van der Waals surface area contributed by atoms with Gasteiger partial charge in [-0.2, -0.15) is 0 Å². The third kappa shape index (κ3) is 4.61. The second-order valence-corrected chi connectivity index (χ2v) is 6.87. The van der Waals surface area contributed by atoms with Crippen molar-refractivity contribution in [3.05, 3.63) is 59.4 Å². The minimum Gasteiger partial charge on any atom is -0.368 e. The number of aromatic nitrogens is 1. The molecule has 2 heterocycles. The highest BCUT2D eigenvalue weighted by Crippen LogP contribution is 2.23. The van der Waals surface area contributed by atoms with Crippen molar-refractivity contribution in [1.82, 2.24) is 15.2 Å². The summed E-state index contributed by atoms with van der Waals surface area (Å²) in [5.41, 5.74) is 5.10. The predicted molar refractivity (Wildman–Crippen MR) is 105 cm³/mol. The number of hydrogen-bond donors (Lipinski definition) is 1. The van der Waals surface area contributed by atoms with Gasteiger partial charge in [-0.25, -0.2) is 0 Å². The summed E-state index contributed by atoms with van der Waals surface area (Å²) < 4.78 is 0. The van der Waals surface area contributed by atoms with Gasteiger partial charge in [0, 0.05) is 63.8 Å². The van der Waals surface area contributed by atoms with Crippen LogP contribution in [0.5, 0.6) is 0 Å². The first kappa shape index (κ1) is 18.4. The average molecular weight is 352 g/mol. The van der Waals surface area contributed by atoms with Gasteiger partial charge in [-0.1, -0.05) is 18.2 Å². The molecule has 0 bridgehead atoms. The van der Waals surface area contributed by atoms with Gasteiger partial charge in [0.1, 0.15) is 0 Å². The molecule has 0 aliphatic carbocycles. The maximum atomic E-state index is 12.4. The third-order valence-corrected chi connectivity index (χ3v) is 5.12. The fourth-order valence-electron chi connectivity index (χ4n) is 3.36. The molecule has 5 heteroatoms. The van der Waals surface area contributed by atoms with Crippen molar-refractivity contribution in [3.63, 3.8) is 0 Å². The molecule has 0 unspecified atom stereocenters. The van der Waals surface area contributed by atoms with Crippen molar-refractivity contribution in [1.29, 1.82) is 0 Å². The molecule has 0 radical (unpaired) electrons. The van der Waals surface area contributed by atoms with E-state index in [1.54, 1.807) is 6.20 Å². The van der Waals surface area contributed by atoms with Gasteiger partial charge < -0.3 is 15.1 Å². The number of carbonyl (C=O) groups is 1. The van der Waals surface area contributed by atoms with E-state index in [-0.39, 0.29) is 5.91 Å². The number of carbonyl (C=O) groups excluding carboxylic acids is 1. The minimum absolute atomic E-state index is 0.240. The number of hydrogen-bond acceptors (Lipinski definition) is 4. The second kappa shape index (κ2) is 8.81. The molecule has 3 rings (SSSR count). The molecule has 26 heavy (non-hydrogen) atoms. The van der Waals surface area contributed by atoms with E-state index in [9.17, 15) is 4.79 Å². The maximum absolute atomic E-state index is 12.4. The Morgan fingerprint density at radius 2 is 1.92 bits per heavy atom. The summed E-state index contributed by atoms with van der Waals surface area (Å²) in [5, 5.41) is 3.32. The zero-order valence-electron chi connectivity index (χ0n) is 15.7. The van der Waals surface area contributed by atoms with Crippen molar-refractivity contribution in [2.24, 2.45) is 0 Å². The van der Waals surface area contributed by atoms with E-state index in [4.69, 9.17) is 0 Å². The Balaban J connectivity index is 1.41. The van der Waals surface area contributed by atoms with Crippen LogP contribution in [0.3, 0.4) is 0 Å². The molecule has 2 aromatic rings. The smallest absolute Gasteiger partial charge is 0.223 e. The summed E-state index contributed by atoms with van der Waals surface area (Å²) in [6, 6.07) is 10.4. The number of nitrogens with zero attached hydrogens (tertiary/aromatic N) is 3. The Hall–Kier alpha value is -2.40. The Labute approximate surface area is 156 Å². The normalized spacial score (nSPS) is 14.5.